The summed E-state index contributed by atoms with van der Waals surface area (Å²) >= 11 is 0. The average Bonchev–Trinajstić information content (AvgIpc) is 3.46. The summed E-state index contributed by atoms with van der Waals surface area (Å²) in [6.45, 7) is 7.01. The van der Waals surface area contributed by atoms with Crippen molar-refractivity contribution in [3.63, 3.8) is 0 Å². The molecule has 2 N–H and O–H groups in total. The molecule has 0 aromatic carbocycles. The van der Waals surface area contributed by atoms with E-state index in [0.717, 1.165) is 70.6 Å². The predicted molar refractivity (Wildman–Crippen MR) is 360 cm³/mol. The van der Waals surface area contributed by atoms with Gasteiger partial charge in [0.15, 0.2) is 0 Å². The summed E-state index contributed by atoms with van der Waals surface area (Å²) in [5.41, 5.74) is 0. The normalized spacial score (nSPS) is 13.9. The van der Waals surface area contributed by atoms with Crippen LogP contribution in [0, 0.1) is 0 Å². The number of quaternary nitrogens is 1. The average molecular weight is 1190 g/mol. The highest BCUT2D eigenvalue weighted by molar-refractivity contribution is 7.47. The number of hydrogen-bond donors (Lipinski definition) is 2. The fourth-order valence-corrected chi connectivity index (χ4v) is 11.2. The molecular weight excluding hydrogens is 1050 g/mol. The lowest BCUT2D eigenvalue weighted by atomic mass is 10.0. The van der Waals surface area contributed by atoms with Crippen molar-refractivity contribution < 1.29 is 37.3 Å². The van der Waals surface area contributed by atoms with Gasteiger partial charge in [0, 0.05) is 12.8 Å². The van der Waals surface area contributed by atoms with E-state index in [4.69, 9.17) is 13.8 Å². The molecule has 0 saturated heterocycles. The van der Waals surface area contributed by atoms with Gasteiger partial charge >= 0.3 is 13.8 Å². The Morgan fingerprint density at radius 2 is 0.735 bits per heavy atom. The van der Waals surface area contributed by atoms with Crippen molar-refractivity contribution >= 4 is 19.7 Å². The molecule has 0 aliphatic heterocycles. The Morgan fingerprint density at radius 1 is 0.422 bits per heavy atom. The molecule has 0 spiro atoms. The summed E-state index contributed by atoms with van der Waals surface area (Å²) < 4.78 is 30.9. The van der Waals surface area contributed by atoms with Crippen LogP contribution >= 0.6 is 7.82 Å². The lowest BCUT2D eigenvalue weighted by molar-refractivity contribution is -0.870. The van der Waals surface area contributed by atoms with Crippen LogP contribution in [0.1, 0.15) is 342 Å². The van der Waals surface area contributed by atoms with Crippen LogP contribution in [-0.4, -0.2) is 74.3 Å². The van der Waals surface area contributed by atoms with E-state index in [1.807, 2.05) is 33.3 Å². The maximum absolute atomic E-state index is 13.6. The summed E-state index contributed by atoms with van der Waals surface area (Å²) in [6, 6.07) is -0.851. The van der Waals surface area contributed by atoms with Crippen molar-refractivity contribution in [2.75, 3.05) is 40.9 Å². The van der Waals surface area contributed by atoms with E-state index < -0.39 is 20.0 Å². The number of allylic oxidation sites excluding steroid dienone is 9. The Kier molecular flexibility index (Phi) is 61.0. The van der Waals surface area contributed by atoms with E-state index >= 15 is 0 Å². The molecule has 10 heteroatoms. The van der Waals surface area contributed by atoms with Crippen molar-refractivity contribution in [2.24, 2.45) is 0 Å². The van der Waals surface area contributed by atoms with Crippen LogP contribution in [0.3, 0.4) is 0 Å². The van der Waals surface area contributed by atoms with Crippen LogP contribution in [-0.2, 0) is 27.9 Å². The van der Waals surface area contributed by atoms with E-state index in [9.17, 15) is 19.0 Å². The highest BCUT2D eigenvalue weighted by Crippen LogP contribution is 2.43. The number of esters is 1. The Hall–Kier alpha value is -2.29. The van der Waals surface area contributed by atoms with Gasteiger partial charge in [-0.15, -0.1) is 0 Å². The molecule has 0 bridgehead atoms. The van der Waals surface area contributed by atoms with Gasteiger partial charge in [0.05, 0.1) is 33.8 Å². The number of rotatable bonds is 65. The Labute approximate surface area is 515 Å². The van der Waals surface area contributed by atoms with Crippen molar-refractivity contribution in [1.82, 2.24) is 5.32 Å². The lowest BCUT2D eigenvalue weighted by Crippen LogP contribution is -2.47. The summed E-state index contributed by atoms with van der Waals surface area (Å²) in [6.07, 6.45) is 80.8. The van der Waals surface area contributed by atoms with Crippen LogP contribution in [0.4, 0.5) is 0 Å². The fraction of sp³-hybridized carbons (Fsp3) is 0.836. The maximum atomic E-state index is 13.6. The number of phosphoric acid groups is 1. The standard InChI is InChI=1S/C73H137N2O7P/c1-7-10-13-16-19-22-25-28-30-32-34-36-37-39-40-42-44-47-50-53-56-59-62-65-72(76)74-70(69-81-83(78,79)80-68-67-75(4,5)6)71(64-61-58-55-52-49-46-27-24-21-18-15-12-9-3)82-73(77)66-63-60-57-54-51-48-45-43-41-38-35-33-31-29-26-23-20-17-14-11-8-2/h19-20,22-23,28-31,61,64,70-71H,7-18,21,24-27,32-60,62-63,65-69H2,1-6H3,(H-,74,76,78,79)/p+1/b22-19-,23-20-,30-28-,31-29-,64-61+. The second-order valence-electron chi connectivity index (χ2n) is 25.4. The lowest BCUT2D eigenvalue weighted by Gasteiger charge is -2.27. The van der Waals surface area contributed by atoms with Gasteiger partial charge < -0.3 is 19.4 Å². The molecule has 83 heavy (non-hydrogen) atoms. The van der Waals surface area contributed by atoms with Crippen LogP contribution in [0.15, 0.2) is 60.8 Å². The first-order chi connectivity index (χ1) is 40.4. The molecule has 0 heterocycles. The Morgan fingerprint density at radius 3 is 1.11 bits per heavy atom. The molecule has 486 valence electrons. The highest BCUT2D eigenvalue weighted by Gasteiger charge is 2.30. The van der Waals surface area contributed by atoms with Gasteiger partial charge in [-0.1, -0.05) is 294 Å². The Balaban J connectivity index is 5.10. The van der Waals surface area contributed by atoms with Crippen LogP contribution in [0.2, 0.25) is 0 Å². The van der Waals surface area contributed by atoms with E-state index in [1.165, 1.54) is 238 Å². The van der Waals surface area contributed by atoms with Crippen LogP contribution in [0.5, 0.6) is 0 Å². The van der Waals surface area contributed by atoms with Crippen molar-refractivity contribution in [1.29, 1.82) is 0 Å². The third-order valence-electron chi connectivity index (χ3n) is 15.9. The topological polar surface area (TPSA) is 111 Å². The number of carbonyl (C=O) groups is 2. The maximum Gasteiger partial charge on any atom is 0.472 e. The van der Waals surface area contributed by atoms with Gasteiger partial charge in [-0.05, 0) is 96.0 Å². The van der Waals surface area contributed by atoms with Gasteiger partial charge in [0.2, 0.25) is 5.91 Å². The molecule has 0 fully saturated rings. The molecule has 3 unspecified atom stereocenters. The van der Waals surface area contributed by atoms with Gasteiger partial charge in [0.1, 0.15) is 19.3 Å². The minimum absolute atomic E-state index is 0.0400. The van der Waals surface area contributed by atoms with Gasteiger partial charge in [-0.25, -0.2) is 4.57 Å². The van der Waals surface area contributed by atoms with Crippen molar-refractivity contribution in [3.8, 4) is 0 Å². The number of unbranched alkanes of at least 4 members (excludes halogenated alkanes) is 41. The number of amides is 1. The second-order valence-corrected chi connectivity index (χ2v) is 26.9. The monoisotopic (exact) mass is 1190 g/mol. The molecule has 0 aliphatic carbocycles. The highest BCUT2D eigenvalue weighted by atomic mass is 31.2. The first-order valence-corrected chi connectivity index (χ1v) is 37.1. The number of likely N-dealkylation sites (N-methyl/N-ethyl adjacent to an activating group) is 1. The quantitative estimate of drug-likeness (QED) is 0.0205. The first-order valence-electron chi connectivity index (χ1n) is 35.6. The summed E-state index contributed by atoms with van der Waals surface area (Å²) in [5, 5.41) is 3.08. The number of carbonyl (C=O) groups excluding carboxylic acids is 2. The second kappa shape index (κ2) is 62.8. The van der Waals surface area contributed by atoms with E-state index in [1.54, 1.807) is 0 Å². The number of hydrogen-bond acceptors (Lipinski definition) is 6. The first kappa shape index (κ1) is 80.7. The minimum atomic E-state index is -4.46. The van der Waals surface area contributed by atoms with Gasteiger partial charge in [-0.2, -0.15) is 0 Å². The largest absolute Gasteiger partial charge is 0.472 e. The minimum Gasteiger partial charge on any atom is -0.456 e. The zero-order valence-electron chi connectivity index (χ0n) is 55.7. The molecule has 0 aromatic rings. The van der Waals surface area contributed by atoms with Crippen LogP contribution < -0.4 is 5.32 Å². The molecule has 9 nitrogen and oxygen atoms in total. The van der Waals surface area contributed by atoms with E-state index in [0.29, 0.717) is 17.4 Å². The molecule has 1 amide bonds. The van der Waals surface area contributed by atoms with E-state index in [2.05, 4.69) is 74.7 Å². The zero-order chi connectivity index (χ0) is 60.7. The van der Waals surface area contributed by atoms with Crippen LogP contribution in [0.25, 0.3) is 0 Å². The zero-order valence-corrected chi connectivity index (χ0v) is 56.6. The third-order valence-corrected chi connectivity index (χ3v) is 16.9. The third kappa shape index (κ3) is 64.0. The molecule has 0 aromatic heterocycles. The van der Waals surface area contributed by atoms with E-state index in [-0.39, 0.29) is 31.5 Å². The SMILES string of the molecule is CCCCC/C=C\C/C=C\CCCCCCCCCCCCCCCC(=O)NC(COP(=O)(O)OCC[N+](C)(C)C)C(/C=C/CCCCCCCCCCCCC)OC(=O)CCCCCCCCCCCCC/C=C\C/C=C\CCCCC. The summed E-state index contributed by atoms with van der Waals surface area (Å²) in [5.74, 6) is -0.495. The van der Waals surface area contributed by atoms with Crippen molar-refractivity contribution in [3.05, 3.63) is 60.8 Å². The smallest absolute Gasteiger partial charge is 0.456 e. The number of ether oxygens (including phenoxy) is 1. The van der Waals surface area contributed by atoms with Crippen molar-refractivity contribution in [2.45, 2.75) is 354 Å². The molecule has 0 aliphatic rings. The molecular formula is C73H138N2O7P+. The molecule has 0 radical (unpaired) electrons. The fourth-order valence-electron chi connectivity index (χ4n) is 10.4. The predicted octanol–water partition coefficient (Wildman–Crippen LogP) is 22.6. The molecule has 3 atom stereocenters. The molecule has 0 rings (SSSR count). The molecule has 0 saturated carbocycles. The number of nitrogens with zero attached hydrogens (tertiary/aromatic N) is 1. The summed E-state index contributed by atoms with van der Waals surface area (Å²) in [7, 11) is 1.50. The van der Waals surface area contributed by atoms with Gasteiger partial charge in [-0.3, -0.25) is 18.6 Å². The van der Waals surface area contributed by atoms with Gasteiger partial charge in [0.25, 0.3) is 0 Å². The number of nitrogens with one attached hydrogen (secondary N) is 1. The number of phosphoric ester groups is 1. The Bertz CT molecular complexity index is 1600. The summed E-state index contributed by atoms with van der Waals surface area (Å²) in [4.78, 5) is 37.9.